The van der Waals surface area contributed by atoms with Crippen molar-refractivity contribution in [3.05, 3.63) is 69.4 Å². The SMILES string of the molecule is CC(C)c1ccc(C(Cl)c2ccc(Br)c(F)c2)cc1. The van der Waals surface area contributed by atoms with Crippen LogP contribution in [0.25, 0.3) is 0 Å². The third-order valence-electron chi connectivity index (χ3n) is 3.13. The Labute approximate surface area is 126 Å². The Morgan fingerprint density at radius 1 is 0.947 bits per heavy atom. The van der Waals surface area contributed by atoms with E-state index in [2.05, 4.69) is 41.9 Å². The quantitative estimate of drug-likeness (QED) is 0.597. The van der Waals surface area contributed by atoms with E-state index in [9.17, 15) is 4.39 Å². The predicted molar refractivity (Wildman–Crippen MR) is 82.3 cm³/mol. The van der Waals surface area contributed by atoms with Crippen LogP contribution in [0.3, 0.4) is 0 Å². The molecule has 0 aromatic heterocycles. The maximum absolute atomic E-state index is 13.5. The first-order chi connectivity index (χ1) is 8.99. The molecule has 0 spiro atoms. The number of hydrogen-bond donors (Lipinski definition) is 0. The largest absolute Gasteiger partial charge is 0.206 e. The third-order valence-corrected chi connectivity index (χ3v) is 4.28. The highest BCUT2D eigenvalue weighted by Crippen LogP contribution is 2.31. The zero-order valence-corrected chi connectivity index (χ0v) is 13.2. The molecular formula is C16H15BrClF. The van der Waals surface area contributed by atoms with Crippen molar-refractivity contribution in [3.8, 4) is 0 Å². The summed E-state index contributed by atoms with van der Waals surface area (Å²) in [6.45, 7) is 4.30. The summed E-state index contributed by atoms with van der Waals surface area (Å²) >= 11 is 9.55. The van der Waals surface area contributed by atoms with Gasteiger partial charge in [-0.05, 0) is 50.7 Å². The van der Waals surface area contributed by atoms with Gasteiger partial charge in [-0.1, -0.05) is 44.2 Å². The maximum atomic E-state index is 13.5. The van der Waals surface area contributed by atoms with Gasteiger partial charge in [0.25, 0.3) is 0 Å². The molecule has 1 atom stereocenters. The van der Waals surface area contributed by atoms with Crippen LogP contribution in [0.4, 0.5) is 4.39 Å². The summed E-state index contributed by atoms with van der Waals surface area (Å²) in [4.78, 5) is 0. The Bertz CT molecular complexity index is 563. The third kappa shape index (κ3) is 3.37. The van der Waals surface area contributed by atoms with Crippen molar-refractivity contribution in [2.45, 2.75) is 25.1 Å². The molecule has 1 unspecified atom stereocenters. The smallest absolute Gasteiger partial charge is 0.137 e. The standard InChI is InChI=1S/C16H15BrClF/c1-10(2)11-3-5-12(6-4-11)16(18)13-7-8-14(17)15(19)9-13/h3-10,16H,1-2H3. The van der Waals surface area contributed by atoms with E-state index < -0.39 is 0 Å². The fourth-order valence-corrected chi connectivity index (χ4v) is 2.44. The van der Waals surface area contributed by atoms with Gasteiger partial charge in [0.2, 0.25) is 0 Å². The zero-order chi connectivity index (χ0) is 14.0. The normalized spacial score (nSPS) is 12.7. The lowest BCUT2D eigenvalue weighted by molar-refractivity contribution is 0.619. The van der Waals surface area contributed by atoms with Gasteiger partial charge in [-0.2, -0.15) is 0 Å². The van der Waals surface area contributed by atoms with Gasteiger partial charge in [0.05, 0.1) is 9.85 Å². The second kappa shape index (κ2) is 6.06. The lowest BCUT2D eigenvalue weighted by atomic mass is 9.98. The average Bonchev–Trinajstić information content (AvgIpc) is 2.41. The maximum Gasteiger partial charge on any atom is 0.137 e. The van der Waals surface area contributed by atoms with Gasteiger partial charge in [-0.25, -0.2) is 4.39 Å². The molecule has 0 fully saturated rings. The molecule has 2 aromatic rings. The summed E-state index contributed by atoms with van der Waals surface area (Å²) in [5.41, 5.74) is 3.02. The Morgan fingerprint density at radius 3 is 2.00 bits per heavy atom. The minimum absolute atomic E-state index is 0.290. The lowest BCUT2D eigenvalue weighted by Crippen LogP contribution is -1.95. The van der Waals surface area contributed by atoms with Crippen LogP contribution in [0.15, 0.2) is 46.9 Å². The van der Waals surface area contributed by atoms with E-state index in [1.807, 2.05) is 18.2 Å². The Kier molecular flexibility index (Phi) is 4.64. The van der Waals surface area contributed by atoms with Gasteiger partial charge >= 0.3 is 0 Å². The van der Waals surface area contributed by atoms with Crippen molar-refractivity contribution in [2.75, 3.05) is 0 Å². The van der Waals surface area contributed by atoms with E-state index in [4.69, 9.17) is 11.6 Å². The van der Waals surface area contributed by atoms with E-state index >= 15 is 0 Å². The van der Waals surface area contributed by atoms with E-state index in [-0.39, 0.29) is 11.2 Å². The molecule has 0 saturated heterocycles. The van der Waals surface area contributed by atoms with E-state index in [0.717, 1.165) is 11.1 Å². The number of hydrogen-bond acceptors (Lipinski definition) is 0. The fraction of sp³-hybridized carbons (Fsp3) is 0.250. The van der Waals surface area contributed by atoms with Crippen molar-refractivity contribution in [1.82, 2.24) is 0 Å². The molecule has 3 heteroatoms. The summed E-state index contributed by atoms with van der Waals surface area (Å²) in [7, 11) is 0. The first-order valence-electron chi connectivity index (χ1n) is 6.18. The highest BCUT2D eigenvalue weighted by atomic mass is 79.9. The number of halogens is 3. The van der Waals surface area contributed by atoms with Gasteiger partial charge in [0.15, 0.2) is 0 Å². The van der Waals surface area contributed by atoms with E-state index in [1.54, 1.807) is 6.07 Å². The second-order valence-electron chi connectivity index (χ2n) is 4.86. The molecule has 19 heavy (non-hydrogen) atoms. The zero-order valence-electron chi connectivity index (χ0n) is 10.8. The number of alkyl halides is 1. The van der Waals surface area contributed by atoms with Crippen molar-refractivity contribution >= 4 is 27.5 Å². The molecule has 0 aliphatic carbocycles. The molecule has 0 amide bonds. The topological polar surface area (TPSA) is 0 Å². The van der Waals surface area contributed by atoms with Gasteiger partial charge in [-0.15, -0.1) is 11.6 Å². The molecule has 0 aliphatic heterocycles. The average molecular weight is 342 g/mol. The van der Waals surface area contributed by atoms with Crippen LogP contribution in [0.2, 0.25) is 0 Å². The van der Waals surface area contributed by atoms with Crippen molar-refractivity contribution in [3.63, 3.8) is 0 Å². The highest BCUT2D eigenvalue weighted by Gasteiger charge is 2.13. The van der Waals surface area contributed by atoms with Crippen LogP contribution in [0.1, 0.15) is 41.8 Å². The molecule has 0 radical (unpaired) electrons. The molecule has 0 bridgehead atoms. The molecule has 0 nitrogen and oxygen atoms in total. The summed E-state index contributed by atoms with van der Waals surface area (Å²) in [5, 5.41) is -0.330. The highest BCUT2D eigenvalue weighted by molar-refractivity contribution is 9.10. The van der Waals surface area contributed by atoms with Crippen molar-refractivity contribution < 1.29 is 4.39 Å². The molecule has 2 rings (SSSR count). The summed E-state index contributed by atoms with van der Waals surface area (Å²) in [6.07, 6.45) is 0. The van der Waals surface area contributed by atoms with Gasteiger partial charge in [0, 0.05) is 0 Å². The van der Waals surface area contributed by atoms with Crippen LogP contribution in [0, 0.1) is 5.82 Å². The number of benzene rings is 2. The molecule has 2 aromatic carbocycles. The minimum atomic E-state index is -0.330. The van der Waals surface area contributed by atoms with Crippen LogP contribution in [-0.2, 0) is 0 Å². The van der Waals surface area contributed by atoms with Crippen LogP contribution < -0.4 is 0 Å². The predicted octanol–water partition coefficient (Wildman–Crippen LogP) is 6.04. The Morgan fingerprint density at radius 2 is 1.47 bits per heavy atom. The Hall–Kier alpha value is -0.860. The lowest BCUT2D eigenvalue weighted by Gasteiger charge is -2.12. The van der Waals surface area contributed by atoms with Crippen LogP contribution >= 0.6 is 27.5 Å². The van der Waals surface area contributed by atoms with Crippen LogP contribution in [-0.4, -0.2) is 0 Å². The molecule has 100 valence electrons. The monoisotopic (exact) mass is 340 g/mol. The van der Waals surface area contributed by atoms with Crippen LogP contribution in [0.5, 0.6) is 0 Å². The molecule has 0 heterocycles. The fourth-order valence-electron chi connectivity index (χ4n) is 1.91. The van der Waals surface area contributed by atoms with Gasteiger partial charge in [-0.3, -0.25) is 0 Å². The second-order valence-corrected chi connectivity index (χ2v) is 6.15. The van der Waals surface area contributed by atoms with Gasteiger partial charge < -0.3 is 0 Å². The summed E-state index contributed by atoms with van der Waals surface area (Å²) in [5.74, 6) is 0.204. The first-order valence-corrected chi connectivity index (χ1v) is 7.41. The van der Waals surface area contributed by atoms with E-state index in [0.29, 0.717) is 10.4 Å². The number of rotatable bonds is 3. The molecule has 0 saturated carbocycles. The Balaban J connectivity index is 2.27. The molecular weight excluding hydrogens is 327 g/mol. The van der Waals surface area contributed by atoms with Crippen molar-refractivity contribution in [1.29, 1.82) is 0 Å². The van der Waals surface area contributed by atoms with E-state index in [1.165, 1.54) is 11.6 Å². The molecule has 0 N–H and O–H groups in total. The molecule has 0 aliphatic rings. The van der Waals surface area contributed by atoms with Crippen molar-refractivity contribution in [2.24, 2.45) is 0 Å². The minimum Gasteiger partial charge on any atom is -0.206 e. The summed E-state index contributed by atoms with van der Waals surface area (Å²) < 4.78 is 14.0. The van der Waals surface area contributed by atoms with Gasteiger partial charge in [0.1, 0.15) is 5.82 Å². The summed E-state index contributed by atoms with van der Waals surface area (Å²) in [6, 6.07) is 13.1. The first kappa shape index (κ1) is 14.5.